The number of halogens is 1. The number of rotatable bonds is 4. The Morgan fingerprint density at radius 1 is 1.47 bits per heavy atom. The van der Waals surface area contributed by atoms with Gasteiger partial charge in [-0.2, -0.15) is 0 Å². The van der Waals surface area contributed by atoms with Crippen LogP contribution in [0.4, 0.5) is 0 Å². The SMILES string of the molecule is CCOC(=O)C(c1nc2ccc(Br)cc2[nH]1)C(C)C. The van der Waals surface area contributed by atoms with Crippen LogP contribution in [0.1, 0.15) is 32.5 Å². The Balaban J connectivity index is 2.41. The highest BCUT2D eigenvalue weighted by atomic mass is 79.9. The van der Waals surface area contributed by atoms with Gasteiger partial charge in [-0.3, -0.25) is 4.79 Å². The molecule has 4 nitrogen and oxygen atoms in total. The number of fused-ring (bicyclic) bond motifs is 1. The van der Waals surface area contributed by atoms with E-state index in [1.54, 1.807) is 0 Å². The molecule has 1 aromatic heterocycles. The minimum absolute atomic E-state index is 0.128. The van der Waals surface area contributed by atoms with Gasteiger partial charge < -0.3 is 9.72 Å². The molecular formula is C14H17BrN2O2. The van der Waals surface area contributed by atoms with E-state index < -0.39 is 0 Å². The molecule has 0 saturated heterocycles. The quantitative estimate of drug-likeness (QED) is 0.874. The van der Waals surface area contributed by atoms with Crippen LogP contribution in [-0.2, 0) is 9.53 Å². The number of H-pyrrole nitrogens is 1. The summed E-state index contributed by atoms with van der Waals surface area (Å²) in [4.78, 5) is 19.8. The zero-order valence-corrected chi connectivity index (χ0v) is 12.8. The third kappa shape index (κ3) is 2.97. The molecule has 0 bridgehead atoms. The van der Waals surface area contributed by atoms with Crippen LogP contribution >= 0.6 is 15.9 Å². The van der Waals surface area contributed by atoms with Crippen LogP contribution < -0.4 is 0 Å². The van der Waals surface area contributed by atoms with Crippen molar-refractivity contribution in [2.45, 2.75) is 26.7 Å². The van der Waals surface area contributed by atoms with Gasteiger partial charge in [-0.25, -0.2) is 4.98 Å². The van der Waals surface area contributed by atoms with Crippen molar-refractivity contribution in [2.75, 3.05) is 6.61 Å². The number of carbonyl (C=O) groups is 1. The minimum Gasteiger partial charge on any atom is -0.465 e. The van der Waals surface area contributed by atoms with Gasteiger partial charge in [-0.15, -0.1) is 0 Å². The fourth-order valence-electron chi connectivity index (χ4n) is 2.08. The topological polar surface area (TPSA) is 55.0 Å². The fourth-order valence-corrected chi connectivity index (χ4v) is 2.44. The second-order valence-corrected chi connectivity index (χ2v) is 5.67. The van der Waals surface area contributed by atoms with Crippen LogP contribution in [0.3, 0.4) is 0 Å². The molecule has 1 atom stereocenters. The fraction of sp³-hybridized carbons (Fsp3) is 0.429. The molecule has 1 heterocycles. The average Bonchev–Trinajstić information content (AvgIpc) is 2.71. The minimum atomic E-state index is -0.355. The van der Waals surface area contributed by atoms with E-state index in [0.717, 1.165) is 15.5 Å². The second-order valence-electron chi connectivity index (χ2n) is 4.76. The van der Waals surface area contributed by atoms with Crippen LogP contribution in [0.15, 0.2) is 22.7 Å². The monoisotopic (exact) mass is 324 g/mol. The first kappa shape index (κ1) is 14.1. The van der Waals surface area contributed by atoms with Gasteiger partial charge in [0.1, 0.15) is 11.7 Å². The Morgan fingerprint density at radius 3 is 2.84 bits per heavy atom. The van der Waals surface area contributed by atoms with Crippen molar-refractivity contribution < 1.29 is 9.53 Å². The number of imidazole rings is 1. The summed E-state index contributed by atoms with van der Waals surface area (Å²) < 4.78 is 6.11. The molecule has 5 heteroatoms. The number of aromatic amines is 1. The number of carbonyl (C=O) groups excluding carboxylic acids is 1. The molecule has 0 spiro atoms. The van der Waals surface area contributed by atoms with Crippen molar-refractivity contribution in [3.05, 3.63) is 28.5 Å². The Morgan fingerprint density at radius 2 is 2.21 bits per heavy atom. The number of hydrogen-bond donors (Lipinski definition) is 1. The zero-order valence-electron chi connectivity index (χ0n) is 11.2. The normalized spacial score (nSPS) is 12.9. The van der Waals surface area contributed by atoms with Gasteiger partial charge in [0.15, 0.2) is 0 Å². The first-order chi connectivity index (χ1) is 9.02. The predicted octanol–water partition coefficient (Wildman–Crippen LogP) is 3.63. The summed E-state index contributed by atoms with van der Waals surface area (Å²) in [7, 11) is 0. The number of nitrogens with zero attached hydrogens (tertiary/aromatic N) is 1. The summed E-state index contributed by atoms with van der Waals surface area (Å²) in [6.07, 6.45) is 0. The Hall–Kier alpha value is -1.36. The molecule has 0 amide bonds. The lowest BCUT2D eigenvalue weighted by Gasteiger charge is -2.16. The van der Waals surface area contributed by atoms with E-state index in [-0.39, 0.29) is 17.8 Å². The summed E-state index contributed by atoms with van der Waals surface area (Å²) >= 11 is 3.42. The summed E-state index contributed by atoms with van der Waals surface area (Å²) in [6, 6.07) is 5.80. The molecule has 2 aromatic rings. The van der Waals surface area contributed by atoms with Gasteiger partial charge in [0.25, 0.3) is 0 Å². The lowest BCUT2D eigenvalue weighted by atomic mass is 9.95. The van der Waals surface area contributed by atoms with Gasteiger partial charge in [0.05, 0.1) is 17.6 Å². The highest BCUT2D eigenvalue weighted by Crippen LogP contribution is 2.27. The van der Waals surface area contributed by atoms with E-state index >= 15 is 0 Å². The first-order valence-corrected chi connectivity index (χ1v) is 7.14. The third-order valence-electron chi connectivity index (χ3n) is 2.96. The van der Waals surface area contributed by atoms with Gasteiger partial charge >= 0.3 is 5.97 Å². The van der Waals surface area contributed by atoms with Gasteiger partial charge in [0, 0.05) is 4.47 Å². The van der Waals surface area contributed by atoms with Gasteiger partial charge in [-0.1, -0.05) is 29.8 Å². The molecule has 0 saturated carbocycles. The highest BCUT2D eigenvalue weighted by molar-refractivity contribution is 9.10. The van der Waals surface area contributed by atoms with Crippen molar-refractivity contribution in [1.29, 1.82) is 0 Å². The lowest BCUT2D eigenvalue weighted by molar-refractivity contribution is -0.146. The van der Waals surface area contributed by atoms with E-state index in [1.165, 1.54) is 0 Å². The van der Waals surface area contributed by atoms with Crippen molar-refractivity contribution in [3.63, 3.8) is 0 Å². The van der Waals surface area contributed by atoms with E-state index in [9.17, 15) is 4.79 Å². The van der Waals surface area contributed by atoms with E-state index in [1.807, 2.05) is 39.0 Å². The highest BCUT2D eigenvalue weighted by Gasteiger charge is 2.28. The third-order valence-corrected chi connectivity index (χ3v) is 3.46. The van der Waals surface area contributed by atoms with Gasteiger partial charge in [-0.05, 0) is 31.0 Å². The summed E-state index contributed by atoms with van der Waals surface area (Å²) in [5, 5.41) is 0. The molecule has 0 aliphatic heterocycles. The van der Waals surface area contributed by atoms with Crippen molar-refractivity contribution >= 4 is 32.9 Å². The van der Waals surface area contributed by atoms with Gasteiger partial charge in [0.2, 0.25) is 0 Å². The molecule has 2 rings (SSSR count). The molecule has 19 heavy (non-hydrogen) atoms. The van der Waals surface area contributed by atoms with E-state index in [4.69, 9.17) is 4.74 Å². The number of ether oxygens (including phenoxy) is 1. The molecule has 102 valence electrons. The molecule has 0 radical (unpaired) electrons. The van der Waals surface area contributed by atoms with Crippen LogP contribution in [0, 0.1) is 5.92 Å². The van der Waals surface area contributed by atoms with Crippen molar-refractivity contribution in [2.24, 2.45) is 5.92 Å². The largest absolute Gasteiger partial charge is 0.465 e. The Labute approximate surface area is 120 Å². The van der Waals surface area contributed by atoms with Crippen LogP contribution in [0.5, 0.6) is 0 Å². The molecule has 0 fully saturated rings. The molecule has 1 unspecified atom stereocenters. The Kier molecular flexibility index (Phi) is 4.24. The Bertz CT molecular complexity index is 592. The van der Waals surface area contributed by atoms with Crippen LogP contribution in [0.2, 0.25) is 0 Å². The predicted molar refractivity (Wildman–Crippen MR) is 78.0 cm³/mol. The number of aromatic nitrogens is 2. The number of benzene rings is 1. The lowest BCUT2D eigenvalue weighted by Crippen LogP contribution is -2.22. The van der Waals surface area contributed by atoms with E-state index in [2.05, 4.69) is 25.9 Å². The maximum Gasteiger partial charge on any atom is 0.316 e. The zero-order chi connectivity index (χ0) is 14.0. The summed E-state index contributed by atoms with van der Waals surface area (Å²) in [6.45, 7) is 6.17. The molecule has 1 N–H and O–H groups in total. The maximum atomic E-state index is 12.0. The number of hydrogen-bond acceptors (Lipinski definition) is 3. The first-order valence-electron chi connectivity index (χ1n) is 6.34. The molecule has 0 aliphatic carbocycles. The number of esters is 1. The smallest absolute Gasteiger partial charge is 0.316 e. The standard InChI is InChI=1S/C14H17BrN2O2/c1-4-19-14(18)12(8(2)3)13-16-10-6-5-9(15)7-11(10)17-13/h5-8,12H,4H2,1-3H3,(H,16,17). The molecule has 0 aliphatic rings. The summed E-state index contributed by atoms with van der Waals surface area (Å²) in [5.41, 5.74) is 1.77. The molecular weight excluding hydrogens is 308 g/mol. The van der Waals surface area contributed by atoms with Crippen molar-refractivity contribution in [3.8, 4) is 0 Å². The average molecular weight is 325 g/mol. The maximum absolute atomic E-state index is 12.0. The number of nitrogens with one attached hydrogen (secondary N) is 1. The van der Waals surface area contributed by atoms with Crippen LogP contribution in [-0.4, -0.2) is 22.5 Å². The van der Waals surface area contributed by atoms with Crippen LogP contribution in [0.25, 0.3) is 11.0 Å². The molecule has 1 aromatic carbocycles. The second kappa shape index (κ2) is 5.74. The van der Waals surface area contributed by atoms with E-state index in [0.29, 0.717) is 12.4 Å². The summed E-state index contributed by atoms with van der Waals surface area (Å²) in [5.74, 6) is 0.214. The van der Waals surface area contributed by atoms with Crippen molar-refractivity contribution in [1.82, 2.24) is 9.97 Å².